The van der Waals surface area contributed by atoms with Gasteiger partial charge in [0.1, 0.15) is 0 Å². The largest absolute Gasteiger partial charge is 0.478 e. The molecule has 0 bridgehead atoms. The molecule has 1 N–H and O–H groups in total. The van der Waals surface area contributed by atoms with Gasteiger partial charge in [0.25, 0.3) is 0 Å². The van der Waals surface area contributed by atoms with E-state index in [1.54, 1.807) is 17.4 Å². The van der Waals surface area contributed by atoms with Crippen molar-refractivity contribution in [3.05, 3.63) is 28.0 Å². The van der Waals surface area contributed by atoms with Crippen molar-refractivity contribution in [2.45, 2.75) is 25.9 Å². The Balaban J connectivity index is 1.96. The number of hydrogen-bond acceptors (Lipinski definition) is 4. The summed E-state index contributed by atoms with van der Waals surface area (Å²) in [4.78, 5) is 16.7. The highest BCUT2D eigenvalue weighted by atomic mass is 32.1. The first kappa shape index (κ1) is 15.2. The van der Waals surface area contributed by atoms with E-state index in [0.717, 1.165) is 31.7 Å². The molecular weight excluding hydrogens is 272 g/mol. The molecule has 1 saturated heterocycles. The Bertz CT molecular complexity index is 508. The lowest BCUT2D eigenvalue weighted by molar-refractivity contribution is -0.131. The summed E-state index contributed by atoms with van der Waals surface area (Å²) in [6, 6.07) is 2.08. The molecule has 20 heavy (non-hydrogen) atoms. The van der Waals surface area contributed by atoms with Gasteiger partial charge in [-0.15, -0.1) is 11.3 Å². The normalized spacial score (nSPS) is 20.6. The Morgan fingerprint density at radius 1 is 1.50 bits per heavy atom. The van der Waals surface area contributed by atoms with E-state index in [1.165, 1.54) is 11.0 Å². The smallest absolute Gasteiger partial charge is 0.328 e. The molecule has 1 fully saturated rings. The van der Waals surface area contributed by atoms with Crippen LogP contribution in [-0.4, -0.2) is 53.1 Å². The fraction of sp³-hybridized carbons (Fsp3) is 0.533. The van der Waals surface area contributed by atoms with Crippen molar-refractivity contribution in [2.75, 3.05) is 26.7 Å². The SMILES string of the molecule is CN1CCN(Cc2cc(C=CC(=O)O)cs2)CC1(C)C. The van der Waals surface area contributed by atoms with Crippen LogP contribution in [0.25, 0.3) is 6.08 Å². The molecular formula is C15H22N2O2S. The second-order valence-corrected chi connectivity index (χ2v) is 6.96. The second-order valence-electron chi connectivity index (χ2n) is 5.96. The molecule has 0 atom stereocenters. The number of piperazine rings is 1. The first-order valence-corrected chi connectivity index (χ1v) is 7.67. The maximum absolute atomic E-state index is 10.5. The standard InChI is InChI=1S/C15H22N2O2S/c1-15(2)11-17(7-6-16(15)3)9-13-8-12(10-20-13)4-5-14(18)19/h4-5,8,10H,6-7,9,11H2,1-3H3,(H,18,19). The minimum absolute atomic E-state index is 0.210. The molecule has 1 aromatic heterocycles. The van der Waals surface area contributed by atoms with Crippen molar-refractivity contribution in [1.82, 2.24) is 9.80 Å². The predicted molar refractivity (Wildman–Crippen MR) is 83.0 cm³/mol. The number of nitrogens with zero attached hydrogens (tertiary/aromatic N) is 2. The van der Waals surface area contributed by atoms with E-state index in [4.69, 9.17) is 5.11 Å². The van der Waals surface area contributed by atoms with Crippen LogP contribution in [0.4, 0.5) is 0 Å². The Labute approximate surface area is 124 Å². The molecule has 0 radical (unpaired) electrons. The summed E-state index contributed by atoms with van der Waals surface area (Å²) in [6.45, 7) is 8.72. The predicted octanol–water partition coefficient (Wildman–Crippen LogP) is 2.37. The highest BCUT2D eigenvalue weighted by molar-refractivity contribution is 7.10. The molecule has 0 aliphatic carbocycles. The fourth-order valence-corrected chi connectivity index (χ4v) is 3.33. The van der Waals surface area contributed by atoms with Gasteiger partial charge >= 0.3 is 5.97 Å². The molecule has 5 heteroatoms. The van der Waals surface area contributed by atoms with Crippen molar-refractivity contribution in [3.63, 3.8) is 0 Å². The summed E-state index contributed by atoms with van der Waals surface area (Å²) in [5, 5.41) is 10.6. The lowest BCUT2D eigenvalue weighted by Gasteiger charge is -2.45. The highest BCUT2D eigenvalue weighted by Crippen LogP contribution is 2.23. The molecule has 0 aromatic carbocycles. The topological polar surface area (TPSA) is 43.8 Å². The number of carboxylic acids is 1. The van der Waals surface area contributed by atoms with E-state index in [-0.39, 0.29) is 5.54 Å². The van der Waals surface area contributed by atoms with Gasteiger partial charge in [0.05, 0.1) is 0 Å². The molecule has 1 aliphatic heterocycles. The van der Waals surface area contributed by atoms with E-state index < -0.39 is 5.97 Å². The number of carbonyl (C=O) groups is 1. The van der Waals surface area contributed by atoms with E-state index >= 15 is 0 Å². The number of thiophene rings is 1. The molecule has 1 aromatic rings. The quantitative estimate of drug-likeness (QED) is 0.866. The van der Waals surface area contributed by atoms with Gasteiger partial charge < -0.3 is 5.11 Å². The lowest BCUT2D eigenvalue weighted by atomic mass is 10.00. The average Bonchev–Trinajstić information content (AvgIpc) is 2.79. The van der Waals surface area contributed by atoms with Gasteiger partial charge in [-0.25, -0.2) is 4.79 Å². The van der Waals surface area contributed by atoms with Crippen LogP contribution in [-0.2, 0) is 11.3 Å². The van der Waals surface area contributed by atoms with Crippen LogP contribution >= 0.6 is 11.3 Å². The van der Waals surface area contributed by atoms with Crippen LogP contribution in [0.5, 0.6) is 0 Å². The van der Waals surface area contributed by atoms with E-state index in [1.807, 2.05) is 5.38 Å². The Kier molecular flexibility index (Phi) is 4.62. The molecule has 0 amide bonds. The monoisotopic (exact) mass is 294 g/mol. The van der Waals surface area contributed by atoms with Gasteiger partial charge in [-0.05, 0) is 44.0 Å². The van der Waals surface area contributed by atoms with Crippen LogP contribution < -0.4 is 0 Å². The van der Waals surface area contributed by atoms with Gasteiger partial charge in [0.2, 0.25) is 0 Å². The first-order chi connectivity index (χ1) is 9.37. The second kappa shape index (κ2) is 6.08. The van der Waals surface area contributed by atoms with Crippen molar-refractivity contribution in [1.29, 1.82) is 0 Å². The minimum atomic E-state index is -0.904. The fourth-order valence-electron chi connectivity index (χ4n) is 2.43. The van der Waals surface area contributed by atoms with Crippen molar-refractivity contribution < 1.29 is 9.90 Å². The zero-order valence-corrected chi connectivity index (χ0v) is 13.1. The van der Waals surface area contributed by atoms with Gasteiger partial charge in [-0.2, -0.15) is 0 Å². The molecule has 0 saturated carbocycles. The molecule has 2 heterocycles. The minimum Gasteiger partial charge on any atom is -0.478 e. The van der Waals surface area contributed by atoms with Gasteiger partial charge in [-0.3, -0.25) is 9.80 Å². The van der Waals surface area contributed by atoms with Crippen LogP contribution in [0, 0.1) is 0 Å². The summed E-state index contributed by atoms with van der Waals surface area (Å²) in [6.07, 6.45) is 2.83. The zero-order valence-electron chi connectivity index (χ0n) is 12.3. The average molecular weight is 294 g/mol. The molecule has 0 unspecified atom stereocenters. The van der Waals surface area contributed by atoms with Gasteiger partial charge in [0.15, 0.2) is 0 Å². The van der Waals surface area contributed by atoms with Crippen LogP contribution in [0.3, 0.4) is 0 Å². The van der Waals surface area contributed by atoms with Crippen molar-refractivity contribution >= 4 is 23.4 Å². The van der Waals surface area contributed by atoms with E-state index in [9.17, 15) is 4.79 Å². The highest BCUT2D eigenvalue weighted by Gasteiger charge is 2.30. The van der Waals surface area contributed by atoms with E-state index in [2.05, 4.69) is 36.8 Å². The lowest BCUT2D eigenvalue weighted by Crippen LogP contribution is -2.57. The number of carboxylic acid groups (broad SMARTS) is 1. The number of aliphatic carboxylic acids is 1. The first-order valence-electron chi connectivity index (χ1n) is 6.79. The zero-order chi connectivity index (χ0) is 14.8. The maximum Gasteiger partial charge on any atom is 0.328 e. The summed E-state index contributed by atoms with van der Waals surface area (Å²) < 4.78 is 0. The number of rotatable bonds is 4. The number of hydrogen-bond donors (Lipinski definition) is 1. The number of likely N-dealkylation sites (N-methyl/N-ethyl adjacent to an activating group) is 1. The van der Waals surface area contributed by atoms with Crippen LogP contribution in [0.2, 0.25) is 0 Å². The third kappa shape index (κ3) is 3.91. The molecule has 4 nitrogen and oxygen atoms in total. The molecule has 110 valence electrons. The molecule has 0 spiro atoms. The summed E-state index contributed by atoms with van der Waals surface area (Å²) in [7, 11) is 2.18. The van der Waals surface area contributed by atoms with Gasteiger partial charge in [-0.1, -0.05) is 0 Å². The van der Waals surface area contributed by atoms with Crippen molar-refractivity contribution in [3.8, 4) is 0 Å². The summed E-state index contributed by atoms with van der Waals surface area (Å²) in [5.41, 5.74) is 1.18. The summed E-state index contributed by atoms with van der Waals surface area (Å²) >= 11 is 1.70. The molecule has 2 rings (SSSR count). The third-order valence-electron chi connectivity index (χ3n) is 3.87. The van der Waals surface area contributed by atoms with Crippen LogP contribution in [0.15, 0.2) is 17.5 Å². The Morgan fingerprint density at radius 3 is 2.90 bits per heavy atom. The van der Waals surface area contributed by atoms with E-state index in [0.29, 0.717) is 0 Å². The maximum atomic E-state index is 10.5. The van der Waals surface area contributed by atoms with Crippen molar-refractivity contribution in [2.24, 2.45) is 0 Å². The Morgan fingerprint density at radius 2 is 2.25 bits per heavy atom. The third-order valence-corrected chi connectivity index (χ3v) is 4.81. The van der Waals surface area contributed by atoms with Gasteiger partial charge in [0, 0.05) is 42.7 Å². The summed E-state index contributed by atoms with van der Waals surface area (Å²) in [5.74, 6) is -0.904. The van der Waals surface area contributed by atoms with Crippen LogP contribution in [0.1, 0.15) is 24.3 Å². The Hall–Kier alpha value is -1.17. The molecule has 1 aliphatic rings.